The molecule has 3 rings (SSSR count). The van der Waals surface area contributed by atoms with Gasteiger partial charge >= 0.3 is 5.97 Å². The fourth-order valence-corrected chi connectivity index (χ4v) is 2.45. The molecule has 6 nitrogen and oxygen atoms in total. The van der Waals surface area contributed by atoms with Crippen LogP contribution in [0.3, 0.4) is 0 Å². The minimum Gasteiger partial charge on any atom is -0.479 e. The molecule has 0 spiro atoms. The molecule has 2 heterocycles. The predicted molar refractivity (Wildman–Crippen MR) is 79.6 cm³/mol. The van der Waals surface area contributed by atoms with Crippen molar-refractivity contribution in [2.45, 2.75) is 12.5 Å². The first kappa shape index (κ1) is 14.7. The van der Waals surface area contributed by atoms with Crippen LogP contribution < -0.4 is 0 Å². The molecule has 1 aromatic heterocycles. The van der Waals surface area contributed by atoms with Gasteiger partial charge in [-0.1, -0.05) is 29.8 Å². The molecule has 22 heavy (non-hydrogen) atoms. The number of hydrogen-bond donors (Lipinski definition) is 1. The molecule has 1 aliphatic heterocycles. The molecule has 116 valence electrons. The first-order valence-corrected chi connectivity index (χ1v) is 7.13. The number of ether oxygens (including phenoxy) is 2. The minimum atomic E-state index is -1.32. The van der Waals surface area contributed by atoms with Crippen LogP contribution in [0.15, 0.2) is 36.7 Å². The van der Waals surface area contributed by atoms with Gasteiger partial charge in [-0.25, -0.2) is 9.48 Å². The smallest absolute Gasteiger partial charge is 0.336 e. The van der Waals surface area contributed by atoms with Gasteiger partial charge in [0, 0.05) is 11.8 Å². The Labute approximate surface area is 128 Å². The summed E-state index contributed by atoms with van der Waals surface area (Å²) < 4.78 is 12.2. The summed E-state index contributed by atoms with van der Waals surface area (Å²) in [5, 5.41) is 13.9. The highest BCUT2D eigenvalue weighted by Crippen LogP contribution is 2.25. The molecular weight excluding hydrogens is 284 g/mol. The number of nitrogens with zero attached hydrogens (tertiary/aromatic N) is 2. The largest absolute Gasteiger partial charge is 0.479 e. The molecule has 0 atom stereocenters. The quantitative estimate of drug-likeness (QED) is 0.934. The van der Waals surface area contributed by atoms with Crippen LogP contribution in [0.1, 0.15) is 5.56 Å². The van der Waals surface area contributed by atoms with Gasteiger partial charge in [-0.05, 0) is 12.5 Å². The van der Waals surface area contributed by atoms with Gasteiger partial charge in [0.2, 0.25) is 5.54 Å². The van der Waals surface area contributed by atoms with E-state index in [-0.39, 0.29) is 13.2 Å². The summed E-state index contributed by atoms with van der Waals surface area (Å²) >= 11 is 0. The van der Waals surface area contributed by atoms with Gasteiger partial charge in [-0.15, -0.1) is 0 Å². The molecule has 0 bridgehead atoms. The Balaban J connectivity index is 1.96. The first-order valence-electron chi connectivity index (χ1n) is 7.13. The van der Waals surface area contributed by atoms with E-state index in [4.69, 9.17) is 9.47 Å². The maximum absolute atomic E-state index is 11.8. The lowest BCUT2D eigenvalue weighted by atomic mass is 10.0. The van der Waals surface area contributed by atoms with Crippen LogP contribution in [-0.2, 0) is 19.8 Å². The van der Waals surface area contributed by atoms with Crippen LogP contribution in [0.2, 0.25) is 0 Å². The summed E-state index contributed by atoms with van der Waals surface area (Å²) in [7, 11) is 0. The molecule has 1 aliphatic rings. The molecule has 2 aromatic rings. The average molecular weight is 302 g/mol. The molecule has 1 N–H and O–H groups in total. The van der Waals surface area contributed by atoms with Gasteiger partial charge in [-0.2, -0.15) is 5.10 Å². The number of hydrogen-bond acceptors (Lipinski definition) is 4. The highest BCUT2D eigenvalue weighted by Gasteiger charge is 2.43. The lowest BCUT2D eigenvalue weighted by Crippen LogP contribution is -2.49. The van der Waals surface area contributed by atoms with Crippen molar-refractivity contribution in [3.05, 3.63) is 42.2 Å². The number of aromatic nitrogens is 2. The maximum Gasteiger partial charge on any atom is 0.336 e. The van der Waals surface area contributed by atoms with E-state index in [0.29, 0.717) is 13.2 Å². The maximum atomic E-state index is 11.8. The van der Waals surface area contributed by atoms with E-state index >= 15 is 0 Å². The van der Waals surface area contributed by atoms with Crippen molar-refractivity contribution in [1.82, 2.24) is 9.78 Å². The van der Waals surface area contributed by atoms with Crippen molar-refractivity contribution in [2.75, 3.05) is 26.4 Å². The number of carboxylic acid groups (broad SMARTS) is 1. The Bertz CT molecular complexity index is 655. The zero-order valence-electron chi connectivity index (χ0n) is 12.4. The first-order chi connectivity index (χ1) is 10.6. The summed E-state index contributed by atoms with van der Waals surface area (Å²) in [6, 6.07) is 8.00. The monoisotopic (exact) mass is 302 g/mol. The lowest BCUT2D eigenvalue weighted by Gasteiger charge is -2.26. The molecule has 0 radical (unpaired) electrons. The Morgan fingerprint density at radius 2 is 1.82 bits per heavy atom. The van der Waals surface area contributed by atoms with Gasteiger partial charge < -0.3 is 14.6 Å². The number of benzene rings is 1. The van der Waals surface area contributed by atoms with E-state index < -0.39 is 11.5 Å². The van der Waals surface area contributed by atoms with Crippen molar-refractivity contribution >= 4 is 5.97 Å². The number of carbonyl (C=O) groups is 1. The number of rotatable bonds is 3. The average Bonchev–Trinajstić information content (AvgIpc) is 2.86. The van der Waals surface area contributed by atoms with E-state index in [1.807, 2.05) is 31.2 Å². The fourth-order valence-electron chi connectivity index (χ4n) is 2.45. The topological polar surface area (TPSA) is 73.6 Å². The van der Waals surface area contributed by atoms with E-state index in [0.717, 1.165) is 11.1 Å². The van der Waals surface area contributed by atoms with Crippen molar-refractivity contribution in [3.8, 4) is 11.1 Å². The number of aryl methyl sites for hydroxylation is 1. The van der Waals surface area contributed by atoms with Crippen molar-refractivity contribution in [3.63, 3.8) is 0 Å². The van der Waals surface area contributed by atoms with E-state index in [9.17, 15) is 9.90 Å². The third-order valence-electron chi connectivity index (χ3n) is 3.86. The summed E-state index contributed by atoms with van der Waals surface area (Å²) in [6.45, 7) is 2.88. The van der Waals surface area contributed by atoms with Crippen LogP contribution in [0.5, 0.6) is 0 Å². The molecule has 0 unspecified atom stereocenters. The van der Waals surface area contributed by atoms with E-state index in [1.165, 1.54) is 10.2 Å². The molecule has 1 aromatic carbocycles. The lowest BCUT2D eigenvalue weighted by molar-refractivity contribution is -0.153. The number of carboxylic acids is 1. The molecule has 0 amide bonds. The normalized spacial score (nSPS) is 17.9. The third-order valence-corrected chi connectivity index (χ3v) is 3.86. The van der Waals surface area contributed by atoms with Crippen LogP contribution >= 0.6 is 0 Å². The second-order valence-electron chi connectivity index (χ2n) is 5.48. The molecule has 0 saturated carbocycles. The second-order valence-corrected chi connectivity index (χ2v) is 5.48. The van der Waals surface area contributed by atoms with Gasteiger partial charge in [-0.3, -0.25) is 0 Å². The Morgan fingerprint density at radius 3 is 2.41 bits per heavy atom. The SMILES string of the molecule is Cc1ccc(-c2cnn(C3(C(=O)O)COCCOC3)c2)cc1. The van der Waals surface area contributed by atoms with Crippen LogP contribution in [-0.4, -0.2) is 47.3 Å². The highest BCUT2D eigenvalue weighted by molar-refractivity contribution is 5.77. The second kappa shape index (κ2) is 5.90. The Morgan fingerprint density at radius 1 is 1.18 bits per heavy atom. The van der Waals surface area contributed by atoms with Gasteiger partial charge in [0.25, 0.3) is 0 Å². The summed E-state index contributed by atoms with van der Waals surface area (Å²) in [5.74, 6) is -1.01. The van der Waals surface area contributed by atoms with Crippen LogP contribution in [0.25, 0.3) is 11.1 Å². The zero-order chi connectivity index (χ0) is 15.6. The zero-order valence-corrected chi connectivity index (χ0v) is 12.4. The van der Waals surface area contributed by atoms with Crippen LogP contribution in [0, 0.1) is 6.92 Å². The molecule has 1 fully saturated rings. The highest BCUT2D eigenvalue weighted by atomic mass is 16.5. The summed E-state index contributed by atoms with van der Waals surface area (Å²) in [5.41, 5.74) is 1.71. The van der Waals surface area contributed by atoms with Gasteiger partial charge in [0.15, 0.2) is 0 Å². The van der Waals surface area contributed by atoms with Gasteiger partial charge in [0.05, 0.1) is 32.6 Å². The van der Waals surface area contributed by atoms with Crippen molar-refractivity contribution in [2.24, 2.45) is 0 Å². The van der Waals surface area contributed by atoms with Gasteiger partial charge in [0.1, 0.15) is 0 Å². The summed E-state index contributed by atoms with van der Waals surface area (Å²) in [4.78, 5) is 11.8. The van der Waals surface area contributed by atoms with E-state index in [2.05, 4.69) is 5.10 Å². The number of aliphatic carboxylic acids is 1. The predicted octanol–water partition coefficient (Wildman–Crippen LogP) is 1.69. The molecular formula is C16H18N2O4. The minimum absolute atomic E-state index is 0.0390. The molecule has 0 aliphatic carbocycles. The van der Waals surface area contributed by atoms with Crippen LogP contribution in [0.4, 0.5) is 0 Å². The van der Waals surface area contributed by atoms with Crippen molar-refractivity contribution in [1.29, 1.82) is 0 Å². The fraction of sp³-hybridized carbons (Fsp3) is 0.375. The van der Waals surface area contributed by atoms with E-state index in [1.54, 1.807) is 12.4 Å². The molecule has 6 heteroatoms. The summed E-state index contributed by atoms with van der Waals surface area (Å²) in [6.07, 6.45) is 3.40. The molecule has 1 saturated heterocycles. The van der Waals surface area contributed by atoms with Crippen molar-refractivity contribution < 1.29 is 19.4 Å². The third kappa shape index (κ3) is 2.63. The Kier molecular flexibility index (Phi) is 3.96. The Hall–Kier alpha value is -2.18. The standard InChI is InChI=1S/C16H18N2O4/c1-12-2-4-13(5-3-12)14-8-17-18(9-14)16(15(19)20)10-21-6-7-22-11-16/h2-5,8-9H,6-7,10-11H2,1H3,(H,19,20).